The summed E-state index contributed by atoms with van der Waals surface area (Å²) >= 11 is 0. The molecule has 0 saturated carbocycles. The number of aryl methyl sites for hydroxylation is 1. The van der Waals surface area contributed by atoms with Crippen molar-refractivity contribution in [1.29, 1.82) is 0 Å². The van der Waals surface area contributed by atoms with Gasteiger partial charge in [-0.05, 0) is 49.1 Å². The lowest BCUT2D eigenvalue weighted by Crippen LogP contribution is -2.39. The normalized spacial score (nSPS) is 19.6. The van der Waals surface area contributed by atoms with Gasteiger partial charge in [-0.15, -0.1) is 0 Å². The van der Waals surface area contributed by atoms with Gasteiger partial charge in [0.25, 0.3) is 0 Å². The first-order valence-electron chi connectivity index (χ1n) is 8.17. The highest BCUT2D eigenvalue weighted by molar-refractivity contribution is 5.81. The Hall–Kier alpha value is -1.88. The molecule has 0 radical (unpaired) electrons. The molecule has 0 aliphatic heterocycles. The molecule has 0 amide bonds. The number of ether oxygens (including phenoxy) is 1. The van der Waals surface area contributed by atoms with Crippen LogP contribution in [0.25, 0.3) is 0 Å². The quantitative estimate of drug-likeness (QED) is 0.769. The molecule has 126 valence electrons. The minimum atomic E-state index is -1.27. The van der Waals surface area contributed by atoms with E-state index in [2.05, 4.69) is 12.1 Å². The van der Waals surface area contributed by atoms with E-state index < -0.39 is 24.0 Å². The largest absolute Gasteiger partial charge is 0.481 e. The third-order valence-electron chi connectivity index (χ3n) is 4.46. The van der Waals surface area contributed by atoms with Crippen LogP contribution in [-0.2, 0) is 27.2 Å². The molecule has 1 unspecified atom stereocenters. The summed E-state index contributed by atoms with van der Waals surface area (Å²) in [4.78, 5) is 23.0. The summed E-state index contributed by atoms with van der Waals surface area (Å²) in [5, 5.41) is 18.8. The van der Waals surface area contributed by atoms with Crippen LogP contribution in [-0.4, -0.2) is 34.9 Å². The average molecular weight is 320 g/mol. The molecular weight excluding hydrogens is 296 g/mol. The molecule has 1 aliphatic rings. The standard InChI is InChI=1S/C18H24O5/c1-2-9-23-16(18(21)22)15(17(19)20)11-12-7-8-13-5-3-4-6-14(13)10-12/h3-6,12,15-16H,2,7-11H2,1H3,(H,19,20)(H,21,22)/t12?,15-,16+/m1/s1. The average Bonchev–Trinajstić information content (AvgIpc) is 2.53. The number of benzene rings is 1. The minimum Gasteiger partial charge on any atom is -0.481 e. The van der Waals surface area contributed by atoms with Gasteiger partial charge < -0.3 is 14.9 Å². The number of fused-ring (bicyclic) bond motifs is 1. The monoisotopic (exact) mass is 320 g/mol. The first-order valence-corrected chi connectivity index (χ1v) is 8.17. The zero-order valence-electron chi connectivity index (χ0n) is 13.4. The van der Waals surface area contributed by atoms with Crippen molar-refractivity contribution in [3.05, 3.63) is 35.4 Å². The number of hydrogen-bond acceptors (Lipinski definition) is 3. The summed E-state index contributed by atoms with van der Waals surface area (Å²) in [6.07, 6.45) is 2.34. The summed E-state index contributed by atoms with van der Waals surface area (Å²) in [7, 11) is 0. The van der Waals surface area contributed by atoms with E-state index in [9.17, 15) is 19.8 Å². The zero-order chi connectivity index (χ0) is 16.8. The molecule has 5 heteroatoms. The van der Waals surface area contributed by atoms with Crippen molar-refractivity contribution in [2.75, 3.05) is 6.61 Å². The van der Waals surface area contributed by atoms with E-state index in [1.165, 1.54) is 11.1 Å². The predicted octanol–water partition coefficient (Wildman–Crippen LogP) is 2.76. The molecule has 2 rings (SSSR count). The predicted molar refractivity (Wildman–Crippen MR) is 85.4 cm³/mol. The molecule has 0 heterocycles. The molecule has 0 spiro atoms. The summed E-state index contributed by atoms with van der Waals surface area (Å²) < 4.78 is 5.31. The molecule has 5 nitrogen and oxygen atoms in total. The lowest BCUT2D eigenvalue weighted by Gasteiger charge is -2.29. The maximum Gasteiger partial charge on any atom is 0.333 e. The molecule has 1 aliphatic carbocycles. The number of carbonyl (C=O) groups is 2. The van der Waals surface area contributed by atoms with E-state index in [0.29, 0.717) is 12.8 Å². The van der Waals surface area contributed by atoms with E-state index in [1.807, 2.05) is 19.1 Å². The van der Waals surface area contributed by atoms with Crippen LogP contribution in [0.5, 0.6) is 0 Å². The van der Waals surface area contributed by atoms with Crippen LogP contribution in [0.2, 0.25) is 0 Å². The van der Waals surface area contributed by atoms with Crippen LogP contribution in [0, 0.1) is 11.8 Å². The van der Waals surface area contributed by atoms with Crippen LogP contribution < -0.4 is 0 Å². The molecule has 0 bridgehead atoms. The smallest absolute Gasteiger partial charge is 0.333 e. The highest BCUT2D eigenvalue weighted by Gasteiger charge is 2.37. The summed E-state index contributed by atoms with van der Waals surface area (Å²) in [6, 6.07) is 8.17. The van der Waals surface area contributed by atoms with E-state index in [0.717, 1.165) is 19.3 Å². The SMILES string of the molecule is CCCO[C@H](C(=O)O)[C@@H](CC1CCc2ccccc2C1)C(=O)O. The Kier molecular flexibility index (Phi) is 6.16. The fraction of sp³-hybridized carbons (Fsp3) is 0.556. The van der Waals surface area contributed by atoms with Gasteiger partial charge >= 0.3 is 11.9 Å². The van der Waals surface area contributed by atoms with E-state index in [4.69, 9.17) is 4.74 Å². The van der Waals surface area contributed by atoms with Crippen molar-refractivity contribution in [1.82, 2.24) is 0 Å². The Labute approximate surface area is 136 Å². The fourth-order valence-electron chi connectivity index (χ4n) is 3.29. The number of rotatable bonds is 8. The van der Waals surface area contributed by atoms with Crippen molar-refractivity contribution in [3.63, 3.8) is 0 Å². The van der Waals surface area contributed by atoms with Gasteiger partial charge in [-0.25, -0.2) is 4.79 Å². The van der Waals surface area contributed by atoms with Gasteiger partial charge in [0.05, 0.1) is 5.92 Å². The highest BCUT2D eigenvalue weighted by atomic mass is 16.5. The minimum absolute atomic E-state index is 0.179. The number of hydrogen-bond donors (Lipinski definition) is 2. The van der Waals surface area contributed by atoms with Crippen molar-refractivity contribution < 1.29 is 24.5 Å². The molecule has 23 heavy (non-hydrogen) atoms. The van der Waals surface area contributed by atoms with Gasteiger partial charge in [0.1, 0.15) is 0 Å². The zero-order valence-corrected chi connectivity index (χ0v) is 13.4. The van der Waals surface area contributed by atoms with Gasteiger partial charge in [-0.3, -0.25) is 4.79 Å². The molecule has 0 fully saturated rings. The first kappa shape index (κ1) is 17.5. The van der Waals surface area contributed by atoms with Crippen molar-refractivity contribution in [3.8, 4) is 0 Å². The van der Waals surface area contributed by atoms with Crippen LogP contribution in [0.3, 0.4) is 0 Å². The van der Waals surface area contributed by atoms with Crippen LogP contribution in [0.15, 0.2) is 24.3 Å². The van der Waals surface area contributed by atoms with Crippen molar-refractivity contribution in [2.45, 2.75) is 45.1 Å². The fourth-order valence-corrected chi connectivity index (χ4v) is 3.29. The summed E-state index contributed by atoms with van der Waals surface area (Å²) in [6.45, 7) is 2.13. The summed E-state index contributed by atoms with van der Waals surface area (Å²) in [5.74, 6) is -3.11. The van der Waals surface area contributed by atoms with E-state index in [-0.39, 0.29) is 12.5 Å². The Morgan fingerprint density at radius 2 is 1.91 bits per heavy atom. The van der Waals surface area contributed by atoms with Crippen molar-refractivity contribution in [2.24, 2.45) is 11.8 Å². The molecule has 3 atom stereocenters. The lowest BCUT2D eigenvalue weighted by molar-refractivity contribution is -0.165. The molecule has 1 aromatic rings. The van der Waals surface area contributed by atoms with E-state index >= 15 is 0 Å². The second-order valence-corrected chi connectivity index (χ2v) is 6.19. The van der Waals surface area contributed by atoms with Gasteiger partial charge in [0.2, 0.25) is 0 Å². The van der Waals surface area contributed by atoms with Gasteiger partial charge in [0, 0.05) is 6.61 Å². The maximum atomic E-state index is 11.6. The highest BCUT2D eigenvalue weighted by Crippen LogP contribution is 2.31. The Morgan fingerprint density at radius 1 is 1.22 bits per heavy atom. The van der Waals surface area contributed by atoms with Gasteiger partial charge in [-0.1, -0.05) is 31.2 Å². The van der Waals surface area contributed by atoms with Gasteiger partial charge in [-0.2, -0.15) is 0 Å². The topological polar surface area (TPSA) is 83.8 Å². The third-order valence-corrected chi connectivity index (χ3v) is 4.46. The second kappa shape index (κ2) is 8.11. The molecule has 2 N–H and O–H groups in total. The Balaban J connectivity index is 2.07. The lowest BCUT2D eigenvalue weighted by atomic mass is 9.78. The van der Waals surface area contributed by atoms with E-state index in [1.54, 1.807) is 0 Å². The first-order chi connectivity index (χ1) is 11.0. The summed E-state index contributed by atoms with van der Waals surface area (Å²) in [5.41, 5.74) is 2.56. The number of carboxylic acids is 2. The molecule has 0 saturated heterocycles. The Bertz CT molecular complexity index is 554. The van der Waals surface area contributed by atoms with Crippen LogP contribution in [0.1, 0.15) is 37.3 Å². The number of carboxylic acid groups (broad SMARTS) is 2. The van der Waals surface area contributed by atoms with Gasteiger partial charge in [0.15, 0.2) is 6.10 Å². The maximum absolute atomic E-state index is 11.6. The second-order valence-electron chi connectivity index (χ2n) is 6.19. The van der Waals surface area contributed by atoms with Crippen LogP contribution >= 0.6 is 0 Å². The Morgan fingerprint density at radius 3 is 2.52 bits per heavy atom. The third kappa shape index (κ3) is 4.55. The van der Waals surface area contributed by atoms with Crippen LogP contribution in [0.4, 0.5) is 0 Å². The molecule has 1 aromatic carbocycles. The molecule has 0 aromatic heterocycles. The number of aliphatic carboxylic acids is 2. The van der Waals surface area contributed by atoms with Crippen molar-refractivity contribution >= 4 is 11.9 Å². The molecular formula is C18H24O5.